The highest BCUT2D eigenvalue weighted by Crippen LogP contribution is 2.22. The largest absolute Gasteiger partial charge is 0.361 e. The molecular weight excluding hydrogens is 268 g/mol. The molecule has 0 aliphatic heterocycles. The fraction of sp³-hybridized carbons (Fsp3) is 0.150. The zero-order valence-corrected chi connectivity index (χ0v) is 12.6. The zero-order valence-electron chi connectivity index (χ0n) is 12.6. The lowest BCUT2D eigenvalue weighted by molar-refractivity contribution is 0.806. The number of hydrogen-bond donors (Lipinski definition) is 1. The highest BCUT2D eigenvalue weighted by atomic mass is 14.8. The molecule has 3 rings (SSSR count). The highest BCUT2D eigenvalue weighted by Gasteiger charge is 2.05. The summed E-state index contributed by atoms with van der Waals surface area (Å²) in [6.07, 6.45) is 9.72. The van der Waals surface area contributed by atoms with Gasteiger partial charge < -0.3 is 5.32 Å². The second kappa shape index (κ2) is 7.41. The van der Waals surface area contributed by atoms with Gasteiger partial charge in [0.2, 0.25) is 0 Å². The van der Waals surface area contributed by atoms with E-state index in [4.69, 9.17) is 0 Å². The van der Waals surface area contributed by atoms with E-state index in [1.165, 1.54) is 17.6 Å². The van der Waals surface area contributed by atoms with Crippen molar-refractivity contribution in [2.75, 3.05) is 5.32 Å². The number of hydrogen-bond acceptors (Lipinski definition) is 2. The molecule has 0 aromatic heterocycles. The molecule has 0 saturated carbocycles. The molecule has 22 heavy (non-hydrogen) atoms. The van der Waals surface area contributed by atoms with Gasteiger partial charge in [-0.1, -0.05) is 42.5 Å². The Kier molecular flexibility index (Phi) is 4.83. The van der Waals surface area contributed by atoms with Crippen molar-refractivity contribution in [2.45, 2.75) is 19.3 Å². The molecule has 1 aliphatic carbocycles. The summed E-state index contributed by atoms with van der Waals surface area (Å²) in [5.41, 5.74) is 4.73. The van der Waals surface area contributed by atoms with Crippen LogP contribution >= 0.6 is 0 Å². The quantitative estimate of drug-likeness (QED) is 0.738. The number of nitrogens with zero attached hydrogens (tertiary/aromatic N) is 1. The lowest BCUT2D eigenvalue weighted by Gasteiger charge is -2.12. The van der Waals surface area contributed by atoms with Gasteiger partial charge in [0.05, 0.1) is 5.69 Å². The van der Waals surface area contributed by atoms with Crippen molar-refractivity contribution in [3.8, 4) is 0 Å². The van der Waals surface area contributed by atoms with E-state index in [0.29, 0.717) is 0 Å². The van der Waals surface area contributed by atoms with E-state index in [-0.39, 0.29) is 0 Å². The van der Waals surface area contributed by atoms with Crippen LogP contribution in [0.15, 0.2) is 89.1 Å². The molecule has 2 aromatic carbocycles. The summed E-state index contributed by atoms with van der Waals surface area (Å²) in [6.45, 7) is 0. The topological polar surface area (TPSA) is 24.4 Å². The Labute approximate surface area is 131 Å². The molecule has 0 saturated heterocycles. The maximum absolute atomic E-state index is 4.54. The second-order valence-electron chi connectivity index (χ2n) is 5.40. The lowest BCUT2D eigenvalue weighted by atomic mass is 9.96. The fourth-order valence-electron chi connectivity index (χ4n) is 2.48. The summed E-state index contributed by atoms with van der Waals surface area (Å²) in [4.78, 5) is 4.54. The predicted molar refractivity (Wildman–Crippen MR) is 94.7 cm³/mol. The molecule has 0 amide bonds. The molecule has 1 aliphatic rings. The van der Waals surface area contributed by atoms with Gasteiger partial charge in [-0.15, -0.1) is 0 Å². The summed E-state index contributed by atoms with van der Waals surface area (Å²) < 4.78 is 0. The van der Waals surface area contributed by atoms with Gasteiger partial charge in [0.25, 0.3) is 0 Å². The number of nitrogens with one attached hydrogen (secondary N) is 1. The van der Waals surface area contributed by atoms with Crippen LogP contribution in [-0.2, 0) is 0 Å². The third-order valence-corrected chi connectivity index (χ3v) is 3.64. The standard InChI is InChI=1S/C20H20N2/c1-3-10-19(11-4-1)21-15-17-8-7-9-18(14-17)16-22-20-12-5-2-6-13-20/h1-6,10-16,21H,7-9H2/b17-15+,22-16?. The van der Waals surface area contributed by atoms with Gasteiger partial charge >= 0.3 is 0 Å². The number of rotatable bonds is 4. The number of allylic oxidation sites excluding steroid dienone is 3. The normalized spacial score (nSPS) is 16.7. The molecule has 2 aromatic rings. The van der Waals surface area contributed by atoms with E-state index in [2.05, 4.69) is 34.7 Å². The highest BCUT2D eigenvalue weighted by molar-refractivity contribution is 5.82. The van der Waals surface area contributed by atoms with Crippen LogP contribution in [0.2, 0.25) is 0 Å². The first-order chi connectivity index (χ1) is 10.9. The van der Waals surface area contributed by atoms with Gasteiger partial charge in [-0.05, 0) is 54.7 Å². The molecular formula is C20H20N2. The molecule has 0 heterocycles. The third-order valence-electron chi connectivity index (χ3n) is 3.64. The van der Waals surface area contributed by atoms with E-state index in [9.17, 15) is 0 Å². The van der Waals surface area contributed by atoms with E-state index >= 15 is 0 Å². The Morgan fingerprint density at radius 2 is 1.59 bits per heavy atom. The Balaban J connectivity index is 1.68. The number of para-hydroxylation sites is 2. The minimum absolute atomic E-state index is 1.00. The van der Waals surface area contributed by atoms with Crippen LogP contribution in [-0.4, -0.2) is 6.21 Å². The van der Waals surface area contributed by atoms with Gasteiger partial charge in [-0.25, -0.2) is 0 Å². The van der Waals surface area contributed by atoms with Crippen LogP contribution in [0.3, 0.4) is 0 Å². The summed E-state index contributed by atoms with van der Waals surface area (Å²) in [5, 5.41) is 3.36. The smallest absolute Gasteiger partial charge is 0.0629 e. The first-order valence-electron chi connectivity index (χ1n) is 7.70. The summed E-state index contributed by atoms with van der Waals surface area (Å²) in [6, 6.07) is 20.3. The van der Waals surface area contributed by atoms with Gasteiger partial charge in [0.15, 0.2) is 0 Å². The third kappa shape index (κ3) is 4.19. The van der Waals surface area contributed by atoms with E-state index in [1.54, 1.807) is 0 Å². The van der Waals surface area contributed by atoms with Crippen molar-refractivity contribution in [2.24, 2.45) is 4.99 Å². The Morgan fingerprint density at radius 1 is 0.864 bits per heavy atom. The van der Waals surface area contributed by atoms with Crippen LogP contribution < -0.4 is 5.32 Å². The maximum Gasteiger partial charge on any atom is 0.0629 e. The molecule has 110 valence electrons. The first kappa shape index (κ1) is 14.3. The SMILES string of the molecule is C(=Nc1ccccc1)C1=C/C(=C/Nc2ccccc2)CCC1. The average molecular weight is 288 g/mol. The van der Waals surface area contributed by atoms with Crippen molar-refractivity contribution in [3.05, 3.63) is 84.1 Å². The fourth-order valence-corrected chi connectivity index (χ4v) is 2.48. The van der Waals surface area contributed by atoms with Gasteiger partial charge in [0.1, 0.15) is 0 Å². The average Bonchev–Trinajstić information content (AvgIpc) is 2.60. The molecule has 0 unspecified atom stereocenters. The molecule has 0 spiro atoms. The van der Waals surface area contributed by atoms with E-state index in [1.807, 2.05) is 54.7 Å². The van der Waals surface area contributed by atoms with Crippen molar-refractivity contribution in [1.82, 2.24) is 0 Å². The van der Waals surface area contributed by atoms with Crippen molar-refractivity contribution < 1.29 is 0 Å². The number of anilines is 1. The second-order valence-corrected chi connectivity index (χ2v) is 5.40. The maximum atomic E-state index is 4.54. The summed E-state index contributed by atoms with van der Waals surface area (Å²) >= 11 is 0. The first-order valence-corrected chi connectivity index (χ1v) is 7.70. The van der Waals surface area contributed by atoms with Gasteiger partial charge in [0, 0.05) is 18.1 Å². The Bertz CT molecular complexity index is 682. The van der Waals surface area contributed by atoms with Crippen LogP contribution in [0, 0.1) is 0 Å². The summed E-state index contributed by atoms with van der Waals surface area (Å²) in [5.74, 6) is 0. The predicted octanol–water partition coefficient (Wildman–Crippen LogP) is 5.50. The Morgan fingerprint density at radius 3 is 2.36 bits per heavy atom. The van der Waals surface area contributed by atoms with Gasteiger partial charge in [-0.2, -0.15) is 0 Å². The monoisotopic (exact) mass is 288 g/mol. The number of benzene rings is 2. The molecule has 0 radical (unpaired) electrons. The molecule has 2 nitrogen and oxygen atoms in total. The Hall–Kier alpha value is -2.61. The van der Waals surface area contributed by atoms with Crippen molar-refractivity contribution >= 4 is 17.6 Å². The van der Waals surface area contributed by atoms with Crippen molar-refractivity contribution in [3.63, 3.8) is 0 Å². The van der Waals surface area contributed by atoms with Crippen LogP contribution in [0.1, 0.15) is 19.3 Å². The molecule has 1 N–H and O–H groups in total. The minimum atomic E-state index is 1.00. The molecule has 0 bridgehead atoms. The molecule has 0 fully saturated rings. The van der Waals surface area contributed by atoms with Gasteiger partial charge in [-0.3, -0.25) is 4.99 Å². The van der Waals surface area contributed by atoms with Crippen LogP contribution in [0.25, 0.3) is 0 Å². The number of aliphatic imine (C=N–C) groups is 1. The van der Waals surface area contributed by atoms with Crippen LogP contribution in [0.4, 0.5) is 11.4 Å². The minimum Gasteiger partial charge on any atom is -0.361 e. The van der Waals surface area contributed by atoms with Crippen molar-refractivity contribution in [1.29, 1.82) is 0 Å². The molecule has 0 atom stereocenters. The zero-order chi connectivity index (χ0) is 15.0. The molecule has 2 heteroatoms. The summed E-state index contributed by atoms with van der Waals surface area (Å²) in [7, 11) is 0. The lowest BCUT2D eigenvalue weighted by Crippen LogP contribution is -1.98. The van der Waals surface area contributed by atoms with E-state index < -0.39 is 0 Å². The van der Waals surface area contributed by atoms with Crippen LogP contribution in [0.5, 0.6) is 0 Å². The van der Waals surface area contributed by atoms with E-state index in [0.717, 1.165) is 24.2 Å².